The highest BCUT2D eigenvalue weighted by Gasteiger charge is 2.29. The summed E-state index contributed by atoms with van der Waals surface area (Å²) in [4.78, 5) is 13.8. The van der Waals surface area contributed by atoms with Crippen LogP contribution in [0.15, 0.2) is 0 Å². The maximum absolute atomic E-state index is 11.4. The molecule has 0 amide bonds. The van der Waals surface area contributed by atoms with Crippen molar-refractivity contribution in [2.24, 2.45) is 0 Å². The van der Waals surface area contributed by atoms with Crippen LogP contribution in [0.25, 0.3) is 0 Å². The molecule has 2 rings (SSSR count). The van der Waals surface area contributed by atoms with Crippen molar-refractivity contribution in [2.75, 3.05) is 26.8 Å². The van der Waals surface area contributed by atoms with Crippen molar-refractivity contribution in [1.29, 1.82) is 0 Å². The van der Waals surface area contributed by atoms with E-state index in [1.807, 2.05) is 0 Å². The first-order chi connectivity index (χ1) is 8.16. The van der Waals surface area contributed by atoms with Crippen molar-refractivity contribution in [3.05, 3.63) is 0 Å². The highest BCUT2D eigenvalue weighted by Crippen LogP contribution is 2.25. The van der Waals surface area contributed by atoms with Crippen LogP contribution < -0.4 is 0 Å². The number of Topliss-reactive ketones (excluding diaryl/α,β-unsaturated/α-hetero) is 1. The van der Waals surface area contributed by atoms with Crippen molar-refractivity contribution in [3.8, 4) is 0 Å². The summed E-state index contributed by atoms with van der Waals surface area (Å²) >= 11 is 3.45. The summed E-state index contributed by atoms with van der Waals surface area (Å²) in [6.45, 7) is 2.40. The molecule has 1 saturated carbocycles. The van der Waals surface area contributed by atoms with E-state index in [1.54, 1.807) is 0 Å². The number of carbonyl (C=O) groups excluding carboxylic acids is 1. The van der Waals surface area contributed by atoms with Crippen molar-refractivity contribution in [3.63, 3.8) is 0 Å². The van der Waals surface area contributed by atoms with Gasteiger partial charge in [0.05, 0.1) is 18.0 Å². The standard InChI is InChI=1S/C12H20BrNO3/c1-14(5-4-12-16-6-7-17-12)9-2-3-11(15)10(13)8-9/h9-10,12H,2-8H2,1H3. The normalized spacial score (nSPS) is 31.4. The molecule has 1 aliphatic carbocycles. The van der Waals surface area contributed by atoms with E-state index in [0.717, 1.165) is 39.0 Å². The lowest BCUT2D eigenvalue weighted by Crippen LogP contribution is -2.40. The fourth-order valence-electron chi connectivity index (χ4n) is 2.42. The van der Waals surface area contributed by atoms with Crippen molar-refractivity contribution >= 4 is 21.7 Å². The van der Waals surface area contributed by atoms with E-state index in [-0.39, 0.29) is 11.1 Å². The van der Waals surface area contributed by atoms with E-state index in [0.29, 0.717) is 18.2 Å². The molecule has 17 heavy (non-hydrogen) atoms. The fraction of sp³-hybridized carbons (Fsp3) is 0.917. The van der Waals surface area contributed by atoms with E-state index in [1.165, 1.54) is 0 Å². The predicted octanol–water partition coefficient (Wildman–Crippen LogP) is 1.57. The van der Waals surface area contributed by atoms with Gasteiger partial charge in [-0.05, 0) is 19.9 Å². The molecule has 98 valence electrons. The molecule has 1 saturated heterocycles. The van der Waals surface area contributed by atoms with E-state index >= 15 is 0 Å². The Hall–Kier alpha value is 0.0300. The molecule has 0 spiro atoms. The van der Waals surface area contributed by atoms with Gasteiger partial charge in [-0.25, -0.2) is 0 Å². The van der Waals surface area contributed by atoms with E-state index in [2.05, 4.69) is 27.9 Å². The number of halogens is 1. The Balaban J connectivity index is 1.71. The molecule has 5 heteroatoms. The monoisotopic (exact) mass is 305 g/mol. The van der Waals surface area contributed by atoms with Crippen LogP contribution in [0, 0.1) is 0 Å². The Morgan fingerprint density at radius 3 is 2.76 bits per heavy atom. The molecule has 1 aliphatic heterocycles. The predicted molar refractivity (Wildman–Crippen MR) is 68.3 cm³/mol. The van der Waals surface area contributed by atoms with Gasteiger partial charge in [-0.15, -0.1) is 0 Å². The van der Waals surface area contributed by atoms with E-state index in [9.17, 15) is 4.79 Å². The minimum absolute atomic E-state index is 0.0255. The molecule has 2 atom stereocenters. The van der Waals surface area contributed by atoms with Crippen LogP contribution in [-0.4, -0.2) is 54.6 Å². The molecule has 0 N–H and O–H groups in total. The topological polar surface area (TPSA) is 38.8 Å². The summed E-state index contributed by atoms with van der Waals surface area (Å²) in [5.41, 5.74) is 0. The van der Waals surface area contributed by atoms with Gasteiger partial charge >= 0.3 is 0 Å². The second kappa shape index (κ2) is 6.27. The second-order valence-electron chi connectivity index (χ2n) is 4.80. The summed E-state index contributed by atoms with van der Waals surface area (Å²) in [6, 6.07) is 0.499. The van der Waals surface area contributed by atoms with Crippen LogP contribution in [0.2, 0.25) is 0 Å². The number of ether oxygens (including phenoxy) is 2. The highest BCUT2D eigenvalue weighted by molar-refractivity contribution is 9.10. The fourth-order valence-corrected chi connectivity index (χ4v) is 3.08. The first-order valence-corrected chi connectivity index (χ1v) is 7.18. The SMILES string of the molecule is CN(CCC1OCCO1)C1CCC(=O)C(Br)C1. The zero-order chi connectivity index (χ0) is 12.3. The minimum atomic E-state index is -0.0255. The molecule has 0 radical (unpaired) electrons. The molecule has 0 aromatic heterocycles. The van der Waals surface area contributed by atoms with Crippen LogP contribution in [0.4, 0.5) is 0 Å². The Bertz CT molecular complexity index is 268. The summed E-state index contributed by atoms with van der Waals surface area (Å²) < 4.78 is 10.8. The number of rotatable bonds is 4. The number of nitrogens with zero attached hydrogens (tertiary/aromatic N) is 1. The lowest BCUT2D eigenvalue weighted by molar-refractivity contribution is -0.120. The zero-order valence-electron chi connectivity index (χ0n) is 10.2. The number of ketones is 1. The summed E-state index contributed by atoms with van der Waals surface area (Å²) in [5, 5.41) is 0. The largest absolute Gasteiger partial charge is 0.350 e. The third kappa shape index (κ3) is 3.74. The van der Waals surface area contributed by atoms with Crippen molar-refractivity contribution in [2.45, 2.75) is 42.8 Å². The van der Waals surface area contributed by atoms with Gasteiger partial charge in [0.1, 0.15) is 5.78 Å². The van der Waals surface area contributed by atoms with Gasteiger partial charge in [-0.3, -0.25) is 4.79 Å². The third-order valence-corrected chi connectivity index (χ3v) is 4.47. The zero-order valence-corrected chi connectivity index (χ0v) is 11.8. The van der Waals surface area contributed by atoms with Gasteiger partial charge in [0, 0.05) is 25.4 Å². The molecule has 2 aliphatic rings. The van der Waals surface area contributed by atoms with Gasteiger partial charge in [0.15, 0.2) is 6.29 Å². The maximum atomic E-state index is 11.4. The molecule has 0 aromatic rings. The van der Waals surface area contributed by atoms with E-state index in [4.69, 9.17) is 9.47 Å². The first kappa shape index (κ1) is 13.5. The van der Waals surface area contributed by atoms with Crippen molar-refractivity contribution in [1.82, 2.24) is 4.90 Å². The number of hydrogen-bond donors (Lipinski definition) is 0. The van der Waals surface area contributed by atoms with E-state index < -0.39 is 0 Å². The molecule has 2 unspecified atom stereocenters. The Morgan fingerprint density at radius 1 is 1.41 bits per heavy atom. The number of alkyl halides is 1. The molecule has 4 nitrogen and oxygen atoms in total. The molecule has 1 heterocycles. The average Bonchev–Trinajstić information content (AvgIpc) is 2.82. The van der Waals surface area contributed by atoms with Crippen LogP contribution in [-0.2, 0) is 14.3 Å². The lowest BCUT2D eigenvalue weighted by Gasteiger charge is -2.33. The third-order valence-electron chi connectivity index (χ3n) is 3.58. The second-order valence-corrected chi connectivity index (χ2v) is 5.91. The smallest absolute Gasteiger partial charge is 0.159 e. The van der Waals surface area contributed by atoms with Crippen molar-refractivity contribution < 1.29 is 14.3 Å². The Kier molecular flexibility index (Phi) is 4.97. The molecule has 2 fully saturated rings. The van der Waals surface area contributed by atoms with Crippen LogP contribution in [0.5, 0.6) is 0 Å². The molecule has 0 bridgehead atoms. The maximum Gasteiger partial charge on any atom is 0.159 e. The van der Waals surface area contributed by atoms with Crippen LogP contribution in [0.3, 0.4) is 0 Å². The first-order valence-electron chi connectivity index (χ1n) is 6.27. The molecular weight excluding hydrogens is 286 g/mol. The Labute approximate surface area is 111 Å². The average molecular weight is 306 g/mol. The summed E-state index contributed by atoms with van der Waals surface area (Å²) in [5.74, 6) is 0.345. The van der Waals surface area contributed by atoms with Gasteiger partial charge in [-0.1, -0.05) is 15.9 Å². The highest BCUT2D eigenvalue weighted by atomic mass is 79.9. The van der Waals surface area contributed by atoms with Crippen LogP contribution >= 0.6 is 15.9 Å². The number of hydrogen-bond acceptors (Lipinski definition) is 4. The molecule has 0 aromatic carbocycles. The van der Waals surface area contributed by atoms with Gasteiger partial charge in [0.2, 0.25) is 0 Å². The summed E-state index contributed by atoms with van der Waals surface area (Å²) in [7, 11) is 2.12. The van der Waals surface area contributed by atoms with Crippen LogP contribution in [0.1, 0.15) is 25.7 Å². The minimum Gasteiger partial charge on any atom is -0.350 e. The van der Waals surface area contributed by atoms with Gasteiger partial charge in [0.25, 0.3) is 0 Å². The van der Waals surface area contributed by atoms with Gasteiger partial charge in [-0.2, -0.15) is 0 Å². The van der Waals surface area contributed by atoms with Gasteiger partial charge < -0.3 is 14.4 Å². The summed E-state index contributed by atoms with van der Waals surface area (Å²) in [6.07, 6.45) is 3.48. The Morgan fingerprint density at radius 2 is 2.12 bits per heavy atom. The molecular formula is C12H20BrNO3. The quantitative estimate of drug-likeness (QED) is 0.739. The number of carbonyl (C=O) groups is 1. The lowest BCUT2D eigenvalue weighted by atomic mass is 9.93.